The minimum Gasteiger partial charge on any atom is -0.0807 e. The van der Waals surface area contributed by atoms with Gasteiger partial charge in [-0.1, -0.05) is 37.3 Å². The number of allylic oxidation sites excluding steroid dienone is 6. The molecule has 0 bridgehead atoms. The molecule has 0 radical (unpaired) electrons. The lowest BCUT2D eigenvalue weighted by Crippen LogP contribution is -1.69. The third-order valence-electron chi connectivity index (χ3n) is 1.46. The Labute approximate surface area is 56.6 Å². The fraction of sp³-hybridized carbons (Fsp3) is 0.333. The molecule has 0 heterocycles. The van der Waals surface area contributed by atoms with Gasteiger partial charge in [-0.05, 0) is 18.4 Å². The Kier molecular flexibility index (Phi) is 2.32. The van der Waals surface area contributed by atoms with E-state index >= 15 is 0 Å². The van der Waals surface area contributed by atoms with Gasteiger partial charge in [0.25, 0.3) is 0 Å². The van der Waals surface area contributed by atoms with Gasteiger partial charge in [0.1, 0.15) is 0 Å². The monoisotopic (exact) mass is 120 g/mol. The quantitative estimate of drug-likeness (QED) is 0.499. The standard InChI is InChI=1S/C9H12/c1-2-9-7-5-3-4-6-8-9/h3,5-8H,2,4H2,1H3. The molecule has 0 nitrogen and oxygen atoms in total. The van der Waals surface area contributed by atoms with E-state index < -0.39 is 0 Å². The third kappa shape index (κ3) is 1.88. The highest BCUT2D eigenvalue weighted by atomic mass is 13.9. The largest absolute Gasteiger partial charge is 0.0807 e. The van der Waals surface area contributed by atoms with Gasteiger partial charge >= 0.3 is 0 Å². The molecule has 0 spiro atoms. The Bertz CT molecular complexity index is 159. The Morgan fingerprint density at radius 2 is 2.33 bits per heavy atom. The van der Waals surface area contributed by atoms with Gasteiger partial charge in [0.05, 0.1) is 0 Å². The molecule has 0 unspecified atom stereocenters. The van der Waals surface area contributed by atoms with Gasteiger partial charge in [0.15, 0.2) is 0 Å². The zero-order chi connectivity index (χ0) is 6.53. The van der Waals surface area contributed by atoms with Crippen LogP contribution in [0.4, 0.5) is 0 Å². The zero-order valence-corrected chi connectivity index (χ0v) is 5.80. The highest BCUT2D eigenvalue weighted by Gasteiger charge is 1.86. The summed E-state index contributed by atoms with van der Waals surface area (Å²) in [5.41, 5.74) is 1.42. The van der Waals surface area contributed by atoms with Crippen molar-refractivity contribution in [1.29, 1.82) is 0 Å². The van der Waals surface area contributed by atoms with Crippen molar-refractivity contribution >= 4 is 0 Å². The molecule has 1 rings (SSSR count). The van der Waals surface area contributed by atoms with Crippen molar-refractivity contribution in [3.05, 3.63) is 36.0 Å². The van der Waals surface area contributed by atoms with Gasteiger partial charge < -0.3 is 0 Å². The molecule has 0 saturated heterocycles. The molecule has 0 aliphatic heterocycles. The summed E-state index contributed by atoms with van der Waals surface area (Å²) in [6.45, 7) is 2.18. The van der Waals surface area contributed by atoms with Crippen LogP contribution in [0.1, 0.15) is 19.8 Å². The highest BCUT2D eigenvalue weighted by molar-refractivity contribution is 5.26. The molecular weight excluding hydrogens is 108 g/mol. The molecule has 1 aliphatic rings. The third-order valence-corrected chi connectivity index (χ3v) is 1.46. The van der Waals surface area contributed by atoms with Crippen molar-refractivity contribution in [1.82, 2.24) is 0 Å². The summed E-state index contributed by atoms with van der Waals surface area (Å²) < 4.78 is 0. The Hall–Kier alpha value is -0.780. The molecule has 0 aromatic carbocycles. The molecule has 0 aromatic heterocycles. The lowest BCUT2D eigenvalue weighted by molar-refractivity contribution is 1.15. The van der Waals surface area contributed by atoms with E-state index in [1.54, 1.807) is 0 Å². The van der Waals surface area contributed by atoms with E-state index in [1.165, 1.54) is 5.57 Å². The summed E-state index contributed by atoms with van der Waals surface area (Å²) in [5, 5.41) is 0. The summed E-state index contributed by atoms with van der Waals surface area (Å²) in [7, 11) is 0. The Balaban J connectivity index is 2.67. The molecule has 0 fully saturated rings. The topological polar surface area (TPSA) is 0 Å². The fourth-order valence-electron chi connectivity index (χ4n) is 0.859. The first-order chi connectivity index (χ1) is 4.43. The van der Waals surface area contributed by atoms with Crippen molar-refractivity contribution < 1.29 is 0 Å². The van der Waals surface area contributed by atoms with Crippen LogP contribution in [0.5, 0.6) is 0 Å². The van der Waals surface area contributed by atoms with Crippen LogP contribution in [-0.2, 0) is 0 Å². The zero-order valence-electron chi connectivity index (χ0n) is 5.80. The van der Waals surface area contributed by atoms with Gasteiger partial charge in [0, 0.05) is 0 Å². The van der Waals surface area contributed by atoms with E-state index in [0.29, 0.717) is 0 Å². The van der Waals surface area contributed by atoms with Gasteiger partial charge in [0.2, 0.25) is 0 Å². The molecule has 48 valence electrons. The van der Waals surface area contributed by atoms with E-state index in [1.807, 2.05) is 0 Å². The van der Waals surface area contributed by atoms with Crippen molar-refractivity contribution in [2.45, 2.75) is 19.8 Å². The summed E-state index contributed by atoms with van der Waals surface area (Å²) in [5.74, 6) is 0. The van der Waals surface area contributed by atoms with Crippen molar-refractivity contribution in [2.75, 3.05) is 0 Å². The molecule has 0 N–H and O–H groups in total. The van der Waals surface area contributed by atoms with Crippen LogP contribution in [0.2, 0.25) is 0 Å². The lowest BCUT2D eigenvalue weighted by atomic mass is 10.2. The number of hydrogen-bond acceptors (Lipinski definition) is 0. The Morgan fingerprint density at radius 1 is 1.44 bits per heavy atom. The molecule has 0 aromatic rings. The van der Waals surface area contributed by atoms with Gasteiger partial charge in [-0.2, -0.15) is 0 Å². The van der Waals surface area contributed by atoms with Crippen LogP contribution in [0, 0.1) is 0 Å². The molecule has 1 aliphatic carbocycles. The predicted octanol–water partition coefficient (Wildman–Crippen LogP) is 2.84. The van der Waals surface area contributed by atoms with Gasteiger partial charge in [-0.25, -0.2) is 0 Å². The normalized spacial score (nSPS) is 17.2. The average Bonchev–Trinajstić information content (AvgIpc) is 2.13. The van der Waals surface area contributed by atoms with E-state index in [9.17, 15) is 0 Å². The van der Waals surface area contributed by atoms with Crippen molar-refractivity contribution in [3.8, 4) is 0 Å². The van der Waals surface area contributed by atoms with Crippen molar-refractivity contribution in [3.63, 3.8) is 0 Å². The maximum atomic E-state index is 2.19. The predicted molar refractivity (Wildman–Crippen MR) is 41.3 cm³/mol. The maximum Gasteiger partial charge on any atom is -0.0163 e. The van der Waals surface area contributed by atoms with Crippen LogP contribution in [0.15, 0.2) is 36.0 Å². The van der Waals surface area contributed by atoms with Crippen LogP contribution < -0.4 is 0 Å². The molecule has 0 saturated carbocycles. The fourth-order valence-corrected chi connectivity index (χ4v) is 0.859. The SMILES string of the molecule is CCC1=CC=CCC=C1. The van der Waals surface area contributed by atoms with Crippen LogP contribution in [0.25, 0.3) is 0 Å². The second kappa shape index (κ2) is 3.29. The van der Waals surface area contributed by atoms with Gasteiger partial charge in [-0.15, -0.1) is 0 Å². The number of hydrogen-bond donors (Lipinski definition) is 0. The molecule has 0 amide bonds. The highest BCUT2D eigenvalue weighted by Crippen LogP contribution is 2.06. The molecular formula is C9H12. The number of rotatable bonds is 1. The average molecular weight is 120 g/mol. The van der Waals surface area contributed by atoms with Crippen LogP contribution in [0.3, 0.4) is 0 Å². The van der Waals surface area contributed by atoms with Crippen LogP contribution in [-0.4, -0.2) is 0 Å². The van der Waals surface area contributed by atoms with E-state index in [4.69, 9.17) is 0 Å². The van der Waals surface area contributed by atoms with Crippen LogP contribution >= 0.6 is 0 Å². The summed E-state index contributed by atoms with van der Waals surface area (Å²) >= 11 is 0. The first kappa shape index (κ1) is 6.34. The van der Waals surface area contributed by atoms with E-state index in [0.717, 1.165) is 12.8 Å². The lowest BCUT2D eigenvalue weighted by Gasteiger charge is -1.89. The maximum absolute atomic E-state index is 2.19. The minimum atomic E-state index is 1.08. The van der Waals surface area contributed by atoms with E-state index in [-0.39, 0.29) is 0 Å². The second-order valence-electron chi connectivity index (χ2n) is 2.16. The first-order valence-corrected chi connectivity index (χ1v) is 3.45. The molecule has 0 heteroatoms. The summed E-state index contributed by atoms with van der Waals surface area (Å²) in [6.07, 6.45) is 13.1. The van der Waals surface area contributed by atoms with Gasteiger partial charge in [-0.3, -0.25) is 0 Å². The first-order valence-electron chi connectivity index (χ1n) is 3.45. The summed E-state index contributed by atoms with van der Waals surface area (Å²) in [6, 6.07) is 0. The van der Waals surface area contributed by atoms with E-state index in [2.05, 4.69) is 37.3 Å². The smallest absolute Gasteiger partial charge is 0.0163 e. The Morgan fingerprint density at radius 3 is 3.11 bits per heavy atom. The second-order valence-corrected chi connectivity index (χ2v) is 2.16. The minimum absolute atomic E-state index is 1.08. The summed E-state index contributed by atoms with van der Waals surface area (Å²) in [4.78, 5) is 0. The van der Waals surface area contributed by atoms with Crippen molar-refractivity contribution in [2.24, 2.45) is 0 Å². The molecule has 9 heavy (non-hydrogen) atoms. The molecule has 0 atom stereocenters.